The van der Waals surface area contributed by atoms with Crippen LogP contribution in [0.4, 0.5) is 0 Å². The van der Waals surface area contributed by atoms with Crippen molar-refractivity contribution in [1.29, 1.82) is 0 Å². The van der Waals surface area contributed by atoms with Gasteiger partial charge in [-0.3, -0.25) is 13.8 Å². The fourth-order valence-corrected chi connectivity index (χ4v) is 8.68. The highest BCUT2D eigenvalue weighted by Crippen LogP contribution is 2.43. The Labute approximate surface area is 444 Å². The zero-order chi connectivity index (χ0) is 52.7. The summed E-state index contributed by atoms with van der Waals surface area (Å²) < 4.78 is 23.7. The fraction of sp³-hybridized carbons (Fsp3) is 0.698. The molecule has 0 aromatic rings. The molecule has 0 bridgehead atoms. The van der Waals surface area contributed by atoms with Crippen molar-refractivity contribution in [3.8, 4) is 0 Å². The first-order chi connectivity index (χ1) is 35.0. The van der Waals surface area contributed by atoms with Gasteiger partial charge in [-0.05, 0) is 83.5 Å². The number of hydrogen-bond donors (Lipinski definition) is 3. The van der Waals surface area contributed by atoms with Crippen LogP contribution in [-0.4, -0.2) is 73.4 Å². The van der Waals surface area contributed by atoms with E-state index in [2.05, 4.69) is 116 Å². The predicted octanol–water partition coefficient (Wildman–Crippen LogP) is 18.0. The van der Waals surface area contributed by atoms with Crippen LogP contribution in [0.3, 0.4) is 0 Å². The van der Waals surface area contributed by atoms with E-state index in [1.54, 1.807) is 6.08 Å². The third kappa shape index (κ3) is 54.9. The van der Waals surface area contributed by atoms with Gasteiger partial charge in [0.15, 0.2) is 0 Å². The number of allylic oxidation sites excluding steroid dienone is 17. The minimum absolute atomic E-state index is 0.0571. The van der Waals surface area contributed by atoms with E-state index in [1.165, 1.54) is 122 Å². The number of quaternary nitrogens is 1. The zero-order valence-corrected chi connectivity index (χ0v) is 48.0. The maximum absolute atomic E-state index is 13.0. The summed E-state index contributed by atoms with van der Waals surface area (Å²) in [5.74, 6) is -0.184. The second-order valence-corrected chi connectivity index (χ2v) is 22.1. The Bertz CT molecular complexity index is 1540. The van der Waals surface area contributed by atoms with Crippen LogP contribution in [0.25, 0.3) is 0 Å². The lowest BCUT2D eigenvalue weighted by molar-refractivity contribution is -0.870. The summed E-state index contributed by atoms with van der Waals surface area (Å²) in [6.07, 6.45) is 77.6. The maximum atomic E-state index is 13.0. The van der Waals surface area contributed by atoms with E-state index in [4.69, 9.17) is 9.05 Å². The number of aliphatic hydroxyl groups is 1. The van der Waals surface area contributed by atoms with Gasteiger partial charge in [-0.1, -0.05) is 252 Å². The van der Waals surface area contributed by atoms with E-state index in [9.17, 15) is 19.4 Å². The first-order valence-electron chi connectivity index (χ1n) is 29.3. The number of carbonyl (C=O) groups excluding carboxylic acids is 1. The lowest BCUT2D eigenvalue weighted by atomic mass is 10.0. The van der Waals surface area contributed by atoms with Gasteiger partial charge in [-0.25, -0.2) is 4.57 Å². The van der Waals surface area contributed by atoms with Crippen molar-refractivity contribution >= 4 is 13.7 Å². The van der Waals surface area contributed by atoms with Gasteiger partial charge in [0.25, 0.3) is 0 Å². The lowest BCUT2D eigenvalue weighted by Crippen LogP contribution is -2.45. The third-order valence-electron chi connectivity index (χ3n) is 12.5. The molecule has 3 unspecified atom stereocenters. The highest BCUT2D eigenvalue weighted by molar-refractivity contribution is 7.47. The van der Waals surface area contributed by atoms with Crippen LogP contribution in [0.15, 0.2) is 109 Å². The van der Waals surface area contributed by atoms with Crippen LogP contribution >= 0.6 is 7.82 Å². The van der Waals surface area contributed by atoms with E-state index < -0.39 is 20.0 Å². The highest BCUT2D eigenvalue weighted by Gasteiger charge is 2.27. The Morgan fingerprint density at radius 2 is 0.833 bits per heavy atom. The second kappa shape index (κ2) is 53.0. The quantitative estimate of drug-likeness (QED) is 0.0243. The van der Waals surface area contributed by atoms with Crippen LogP contribution in [0, 0.1) is 0 Å². The van der Waals surface area contributed by atoms with E-state index in [1.807, 2.05) is 27.2 Å². The van der Waals surface area contributed by atoms with Crippen molar-refractivity contribution in [2.45, 2.75) is 244 Å². The normalized spacial score (nSPS) is 14.7. The maximum Gasteiger partial charge on any atom is 0.472 e. The van der Waals surface area contributed by atoms with Crippen molar-refractivity contribution in [2.24, 2.45) is 0 Å². The smallest absolute Gasteiger partial charge is 0.387 e. The molecule has 0 aliphatic carbocycles. The van der Waals surface area contributed by atoms with Gasteiger partial charge in [-0.15, -0.1) is 0 Å². The molecule has 0 fully saturated rings. The summed E-state index contributed by atoms with van der Waals surface area (Å²) >= 11 is 0. The van der Waals surface area contributed by atoms with E-state index in [0.717, 1.165) is 89.9 Å². The summed E-state index contributed by atoms with van der Waals surface area (Å²) in [5.41, 5.74) is 0. The largest absolute Gasteiger partial charge is 0.472 e. The number of likely N-dealkylation sites (N-methyl/N-ethyl adjacent to an activating group) is 1. The summed E-state index contributed by atoms with van der Waals surface area (Å²) in [7, 11) is 1.56. The number of aliphatic hydroxyl groups excluding tert-OH is 1. The van der Waals surface area contributed by atoms with Gasteiger partial charge in [-0.2, -0.15) is 0 Å². The minimum atomic E-state index is -4.35. The molecule has 0 aliphatic heterocycles. The van der Waals surface area contributed by atoms with Gasteiger partial charge in [0.05, 0.1) is 39.9 Å². The molecule has 72 heavy (non-hydrogen) atoms. The number of amides is 1. The van der Waals surface area contributed by atoms with Crippen LogP contribution in [0.5, 0.6) is 0 Å². The van der Waals surface area contributed by atoms with Crippen molar-refractivity contribution < 1.29 is 32.9 Å². The average molecular weight is 1020 g/mol. The molecule has 0 heterocycles. The van der Waals surface area contributed by atoms with Gasteiger partial charge in [0, 0.05) is 6.42 Å². The molecule has 9 heteroatoms. The van der Waals surface area contributed by atoms with Crippen LogP contribution in [0.2, 0.25) is 0 Å². The Hall–Kier alpha value is -2.84. The first-order valence-corrected chi connectivity index (χ1v) is 30.8. The van der Waals surface area contributed by atoms with Crippen molar-refractivity contribution in [3.05, 3.63) is 109 Å². The summed E-state index contributed by atoms with van der Waals surface area (Å²) in [5, 5.41) is 13.9. The van der Waals surface area contributed by atoms with Gasteiger partial charge < -0.3 is 19.8 Å². The van der Waals surface area contributed by atoms with Crippen molar-refractivity contribution in [1.82, 2.24) is 5.32 Å². The number of rotatable bonds is 52. The summed E-state index contributed by atoms with van der Waals surface area (Å²) in [6.45, 7) is 4.69. The molecule has 0 saturated heterocycles. The van der Waals surface area contributed by atoms with Crippen molar-refractivity contribution in [3.63, 3.8) is 0 Å². The molecule has 3 N–H and O–H groups in total. The first kappa shape index (κ1) is 69.2. The molecular weight excluding hydrogens is 912 g/mol. The van der Waals surface area contributed by atoms with Crippen LogP contribution in [0.1, 0.15) is 232 Å². The molecule has 0 spiro atoms. The average Bonchev–Trinajstić information content (AvgIpc) is 3.34. The molecule has 1 amide bonds. The third-order valence-corrected chi connectivity index (χ3v) is 13.5. The number of nitrogens with one attached hydrogen (secondary N) is 1. The number of hydrogen-bond acceptors (Lipinski definition) is 5. The number of phosphoric ester groups is 1. The molecule has 0 aromatic heterocycles. The highest BCUT2D eigenvalue weighted by atomic mass is 31.2. The Balaban J connectivity index is 4.08. The Kier molecular flexibility index (Phi) is 50.9. The Morgan fingerprint density at radius 1 is 0.486 bits per heavy atom. The predicted molar refractivity (Wildman–Crippen MR) is 313 cm³/mol. The van der Waals surface area contributed by atoms with E-state index in [0.29, 0.717) is 17.4 Å². The lowest BCUT2D eigenvalue weighted by Gasteiger charge is -2.25. The monoisotopic (exact) mass is 1020 g/mol. The molecule has 8 nitrogen and oxygen atoms in total. The topological polar surface area (TPSA) is 105 Å². The number of phosphoric acid groups is 1. The van der Waals surface area contributed by atoms with Gasteiger partial charge >= 0.3 is 7.82 Å². The van der Waals surface area contributed by atoms with Crippen LogP contribution in [-0.2, 0) is 18.4 Å². The number of nitrogens with zero attached hydrogens (tertiary/aromatic N) is 1. The van der Waals surface area contributed by atoms with E-state index >= 15 is 0 Å². The molecule has 0 rings (SSSR count). The fourth-order valence-electron chi connectivity index (χ4n) is 7.94. The standard InChI is InChI=1S/C63H111N2O6P/c1-6-8-10-12-14-16-18-20-21-22-23-24-25-26-27-28-29-30-31-32-33-34-35-36-37-38-39-40-41-42-43-45-47-49-51-53-55-57-63(67)64-61(60-71-72(68,69)70-59-58-65(3,4)5)62(66)56-54-52-50-48-46-44-19-17-15-13-11-9-7-2/h8,10,14,16,20-21,23-24,26-27,29-30,32-33,35-36,54,56,61-62,66H,6-7,9,11-13,15,17-19,22,25,28,31,34,37-53,55,57-60H2,1-5H3,(H-,64,67,68,69)/p+1/b10-8-,16-14-,21-20-,24-23-,27-26-,30-29-,33-32-,36-35-,56-54+. The Morgan fingerprint density at radius 3 is 1.22 bits per heavy atom. The minimum Gasteiger partial charge on any atom is -0.387 e. The SMILES string of the molecule is CC/C=C\C/C=C\C/C=C\C/C=C\C/C=C\C/C=C\C/C=C\C/C=C\CCCCCCCCCCCCCCC(=O)NC(COP(=O)(O)OCC[N+](C)(C)C)C(O)/C=C/CCCCCCCCCCCCC. The molecule has 0 aliphatic rings. The molecule has 0 saturated carbocycles. The molecule has 0 radical (unpaired) electrons. The summed E-state index contributed by atoms with van der Waals surface area (Å²) in [6, 6.07) is -0.853. The zero-order valence-electron chi connectivity index (χ0n) is 47.1. The molecule has 0 aromatic carbocycles. The number of unbranched alkanes of at least 4 members (excludes halogenated alkanes) is 23. The van der Waals surface area contributed by atoms with Gasteiger partial charge in [0.1, 0.15) is 13.2 Å². The van der Waals surface area contributed by atoms with Gasteiger partial charge in [0.2, 0.25) is 5.91 Å². The number of carbonyl (C=O) groups is 1. The summed E-state index contributed by atoms with van der Waals surface area (Å²) in [4.78, 5) is 23.3. The molecule has 3 atom stereocenters. The molecular formula is C63H112N2O6P+. The molecule has 414 valence electrons. The van der Waals surface area contributed by atoms with E-state index in [-0.39, 0.29) is 19.1 Å². The second-order valence-electron chi connectivity index (χ2n) is 20.6. The van der Waals surface area contributed by atoms with Crippen LogP contribution < -0.4 is 5.32 Å². The van der Waals surface area contributed by atoms with Crippen molar-refractivity contribution in [2.75, 3.05) is 40.9 Å².